The monoisotopic (exact) mass is 532 g/mol. The van der Waals surface area contributed by atoms with Gasteiger partial charge < -0.3 is 20.1 Å². The molecule has 1 fully saturated rings. The highest BCUT2D eigenvalue weighted by atomic mass is 35.5. The second-order valence-electron chi connectivity index (χ2n) is 11.0. The number of fused-ring (bicyclic) bond motifs is 1. The van der Waals surface area contributed by atoms with Gasteiger partial charge in [0.2, 0.25) is 5.95 Å². The summed E-state index contributed by atoms with van der Waals surface area (Å²) in [7, 11) is 0. The van der Waals surface area contributed by atoms with E-state index in [0.29, 0.717) is 34.6 Å². The highest BCUT2D eigenvalue weighted by molar-refractivity contribution is 6.33. The lowest BCUT2D eigenvalue weighted by Gasteiger charge is -2.45. The lowest BCUT2D eigenvalue weighted by Crippen LogP contribution is -2.58. The fourth-order valence-corrected chi connectivity index (χ4v) is 5.61. The van der Waals surface area contributed by atoms with E-state index < -0.39 is 17.5 Å². The fraction of sp³-hybridized carbons (Fsp3) is 0.593. The summed E-state index contributed by atoms with van der Waals surface area (Å²) in [5.74, 6) is 0.187. The quantitative estimate of drug-likeness (QED) is 0.388. The van der Waals surface area contributed by atoms with Crippen LogP contribution in [0.25, 0.3) is 22.3 Å². The van der Waals surface area contributed by atoms with Gasteiger partial charge >= 0.3 is 0 Å². The highest BCUT2D eigenvalue weighted by Crippen LogP contribution is 2.35. The van der Waals surface area contributed by atoms with Gasteiger partial charge in [0, 0.05) is 30.2 Å². The van der Waals surface area contributed by atoms with Crippen molar-refractivity contribution in [3.8, 4) is 11.3 Å². The van der Waals surface area contributed by atoms with E-state index in [2.05, 4.69) is 45.9 Å². The van der Waals surface area contributed by atoms with Gasteiger partial charge in [-0.25, -0.2) is 19.3 Å². The highest BCUT2D eigenvalue weighted by Gasteiger charge is 2.37. The molecule has 202 valence electrons. The van der Waals surface area contributed by atoms with E-state index in [1.807, 2.05) is 18.4 Å². The molecule has 0 spiro atoms. The third kappa shape index (κ3) is 5.32. The van der Waals surface area contributed by atoms with Gasteiger partial charge in [-0.3, -0.25) is 4.90 Å². The molecule has 3 N–H and O–H groups in total. The van der Waals surface area contributed by atoms with Gasteiger partial charge in [-0.05, 0) is 66.5 Å². The average molecular weight is 533 g/mol. The number of benzene rings is 1. The van der Waals surface area contributed by atoms with Crippen molar-refractivity contribution in [1.82, 2.24) is 24.4 Å². The number of hydrogen-bond acceptors (Lipinski definition) is 7. The van der Waals surface area contributed by atoms with Crippen LogP contribution in [-0.2, 0) is 5.60 Å². The maximum atomic E-state index is 15.3. The summed E-state index contributed by atoms with van der Waals surface area (Å²) in [5, 5.41) is 25.3. The number of nitrogens with one attached hydrogen (secondary N) is 1. The molecule has 1 aliphatic rings. The van der Waals surface area contributed by atoms with E-state index in [9.17, 15) is 10.2 Å². The molecule has 37 heavy (non-hydrogen) atoms. The molecule has 2 unspecified atom stereocenters. The first kappa shape index (κ1) is 27.7. The van der Waals surface area contributed by atoms with Crippen LogP contribution in [0, 0.1) is 5.82 Å². The number of likely N-dealkylation sites (tertiary alicyclic amines) is 1. The Morgan fingerprint density at radius 1 is 1.19 bits per heavy atom. The van der Waals surface area contributed by atoms with Crippen molar-refractivity contribution in [2.75, 3.05) is 11.9 Å². The fourth-order valence-electron chi connectivity index (χ4n) is 5.41. The molecule has 1 aliphatic heterocycles. The summed E-state index contributed by atoms with van der Waals surface area (Å²) in [4.78, 5) is 15.7. The minimum atomic E-state index is -1.25. The number of aliphatic hydroxyl groups is 2. The first-order valence-corrected chi connectivity index (χ1v) is 13.4. The van der Waals surface area contributed by atoms with Crippen molar-refractivity contribution in [3.05, 3.63) is 35.0 Å². The van der Waals surface area contributed by atoms with Crippen molar-refractivity contribution in [3.63, 3.8) is 0 Å². The zero-order valence-corrected chi connectivity index (χ0v) is 23.4. The minimum absolute atomic E-state index is 0.0378. The molecule has 0 aliphatic carbocycles. The van der Waals surface area contributed by atoms with E-state index in [-0.39, 0.29) is 28.7 Å². The number of piperidine rings is 1. The Hall–Kier alpha value is -2.33. The Morgan fingerprint density at radius 3 is 2.49 bits per heavy atom. The molecular weight excluding hydrogens is 495 g/mol. The topological polar surface area (TPSA) is 99.3 Å². The summed E-state index contributed by atoms with van der Waals surface area (Å²) in [6.45, 7) is 14.4. The smallest absolute Gasteiger partial charge is 0.223 e. The molecule has 0 amide bonds. The van der Waals surface area contributed by atoms with E-state index in [0.717, 1.165) is 19.4 Å². The van der Waals surface area contributed by atoms with E-state index >= 15 is 4.39 Å². The summed E-state index contributed by atoms with van der Waals surface area (Å²) in [6, 6.07) is 3.25. The predicted octanol–water partition coefficient (Wildman–Crippen LogP) is 5.13. The summed E-state index contributed by atoms with van der Waals surface area (Å²) < 4.78 is 17.2. The van der Waals surface area contributed by atoms with Gasteiger partial charge in [0.05, 0.1) is 34.6 Å². The van der Waals surface area contributed by atoms with Crippen molar-refractivity contribution >= 4 is 28.6 Å². The second-order valence-corrected chi connectivity index (χ2v) is 11.4. The van der Waals surface area contributed by atoms with Crippen LogP contribution in [0.2, 0.25) is 5.02 Å². The van der Waals surface area contributed by atoms with Gasteiger partial charge in [0.1, 0.15) is 16.9 Å². The number of aromatic nitrogens is 4. The van der Waals surface area contributed by atoms with Crippen LogP contribution in [0.15, 0.2) is 18.3 Å². The van der Waals surface area contributed by atoms with Gasteiger partial charge in [-0.15, -0.1) is 0 Å². The van der Waals surface area contributed by atoms with Gasteiger partial charge in [0.25, 0.3) is 0 Å². The molecule has 3 aromatic rings. The Morgan fingerprint density at radius 2 is 1.89 bits per heavy atom. The average Bonchev–Trinajstić information content (AvgIpc) is 3.22. The maximum absolute atomic E-state index is 15.3. The molecular formula is C27H38ClFN6O2. The summed E-state index contributed by atoms with van der Waals surface area (Å²) >= 11 is 6.49. The van der Waals surface area contributed by atoms with Crippen LogP contribution in [0.3, 0.4) is 0 Å². The zero-order chi connectivity index (χ0) is 27.2. The first-order chi connectivity index (χ1) is 17.3. The van der Waals surface area contributed by atoms with Gasteiger partial charge in [-0.1, -0.05) is 18.5 Å². The molecule has 0 saturated carbocycles. The number of imidazole rings is 1. The van der Waals surface area contributed by atoms with Crippen LogP contribution >= 0.6 is 11.6 Å². The third-order valence-corrected chi connectivity index (χ3v) is 7.43. The Kier molecular flexibility index (Phi) is 7.82. The number of nitrogens with zero attached hydrogens (tertiary/aromatic N) is 5. The van der Waals surface area contributed by atoms with E-state index in [1.165, 1.54) is 12.3 Å². The summed E-state index contributed by atoms with van der Waals surface area (Å²) in [5.41, 5.74) is 0.341. The molecule has 10 heteroatoms. The molecule has 0 bridgehead atoms. The molecule has 1 aromatic carbocycles. The van der Waals surface area contributed by atoms with Crippen LogP contribution < -0.4 is 5.32 Å². The standard InChI is InChI=1S/C27H38ClFN6O2/c1-8-20-24(36)19(9-10-34(20)14(2)3)31-26-30-13-17(28)22(33-26)16-11-18(29)23-21(12-16)35(15(4)5)25(32-23)27(6,7)37/h11-15,19-20,24,36-37H,8-10H2,1-7H3,(H,30,31,33)/t19?,20?,24-/m1/s1. The zero-order valence-electron chi connectivity index (χ0n) is 22.6. The second kappa shape index (κ2) is 10.4. The van der Waals surface area contributed by atoms with Gasteiger partial charge in [0.15, 0.2) is 5.82 Å². The Balaban J connectivity index is 1.72. The molecule has 2 aromatic heterocycles. The number of halogens is 2. The molecule has 3 heterocycles. The van der Waals surface area contributed by atoms with Crippen LogP contribution in [-0.4, -0.2) is 65.4 Å². The maximum Gasteiger partial charge on any atom is 0.223 e. The third-order valence-electron chi connectivity index (χ3n) is 7.16. The number of aliphatic hydroxyl groups excluding tert-OH is 1. The van der Waals surface area contributed by atoms with Crippen LogP contribution in [0.5, 0.6) is 0 Å². The lowest BCUT2D eigenvalue weighted by molar-refractivity contribution is -0.0147. The van der Waals surface area contributed by atoms with Crippen molar-refractivity contribution in [2.45, 2.75) is 97.2 Å². The van der Waals surface area contributed by atoms with Crippen LogP contribution in [0.4, 0.5) is 10.3 Å². The molecule has 1 saturated heterocycles. The van der Waals surface area contributed by atoms with Crippen molar-refractivity contribution in [2.24, 2.45) is 0 Å². The van der Waals surface area contributed by atoms with Gasteiger partial charge in [-0.2, -0.15) is 0 Å². The molecule has 8 nitrogen and oxygen atoms in total. The first-order valence-electron chi connectivity index (χ1n) is 13.0. The van der Waals surface area contributed by atoms with Crippen molar-refractivity contribution < 1.29 is 14.6 Å². The number of hydrogen-bond donors (Lipinski definition) is 3. The van der Waals surface area contributed by atoms with E-state index in [1.54, 1.807) is 19.9 Å². The number of rotatable bonds is 7. The molecule has 3 atom stereocenters. The van der Waals surface area contributed by atoms with Crippen LogP contribution in [0.1, 0.15) is 73.2 Å². The minimum Gasteiger partial charge on any atom is -0.389 e. The summed E-state index contributed by atoms with van der Waals surface area (Å²) in [6.07, 6.45) is 2.48. The largest absolute Gasteiger partial charge is 0.389 e. The molecule has 0 radical (unpaired) electrons. The normalized spacial score (nSPS) is 21.4. The predicted molar refractivity (Wildman–Crippen MR) is 145 cm³/mol. The Bertz CT molecular complexity index is 1270. The van der Waals surface area contributed by atoms with Crippen molar-refractivity contribution in [1.29, 1.82) is 0 Å². The van der Waals surface area contributed by atoms with E-state index in [4.69, 9.17) is 11.6 Å². The number of anilines is 1. The SMILES string of the molecule is CCC1[C@H](O)C(Nc2ncc(Cl)c(-c3cc(F)c4nc(C(C)(C)O)n(C(C)C)c4c3)n2)CCN1C(C)C. The lowest BCUT2D eigenvalue weighted by atomic mass is 9.91. The Labute approximate surface area is 222 Å². The molecule has 4 rings (SSSR count).